The molecule has 1 saturated heterocycles. The van der Waals surface area contributed by atoms with Gasteiger partial charge < -0.3 is 14.8 Å². The molecule has 1 aromatic heterocycles. The Morgan fingerprint density at radius 1 is 1.29 bits per heavy atom. The van der Waals surface area contributed by atoms with Crippen LogP contribution in [0.1, 0.15) is 25.1 Å². The average molecular weight is 286 g/mol. The van der Waals surface area contributed by atoms with Crippen molar-refractivity contribution in [2.75, 3.05) is 26.7 Å². The maximum Gasteiger partial charge on any atom is 0.109 e. The maximum atomic E-state index is 4.73. The standard InChI is InChI=1S/C17H26N4/c1-20-12-6-7-14(20)13-18-11-5-10-17-19-15-8-3-4-9-16(15)21(17)2/h3-4,8-9,14,18H,5-7,10-13H2,1-2H3. The molecule has 21 heavy (non-hydrogen) atoms. The van der Waals surface area contributed by atoms with Gasteiger partial charge in [0.1, 0.15) is 5.82 Å². The second-order valence-electron chi connectivity index (χ2n) is 6.16. The SMILES string of the molecule is CN1CCCC1CNCCCc1nc2ccccc2n1C. The molecule has 0 amide bonds. The molecule has 0 bridgehead atoms. The molecule has 4 nitrogen and oxygen atoms in total. The molecule has 2 heterocycles. The second kappa shape index (κ2) is 6.58. The molecule has 1 atom stereocenters. The molecular formula is C17H26N4. The number of likely N-dealkylation sites (N-methyl/N-ethyl adjacent to an activating group) is 1. The van der Waals surface area contributed by atoms with Gasteiger partial charge in [-0.2, -0.15) is 0 Å². The third kappa shape index (κ3) is 3.27. The van der Waals surface area contributed by atoms with Crippen LogP contribution in [0.5, 0.6) is 0 Å². The van der Waals surface area contributed by atoms with E-state index >= 15 is 0 Å². The van der Waals surface area contributed by atoms with Gasteiger partial charge in [0.05, 0.1) is 11.0 Å². The summed E-state index contributed by atoms with van der Waals surface area (Å²) in [6.07, 6.45) is 4.88. The summed E-state index contributed by atoms with van der Waals surface area (Å²) in [6, 6.07) is 9.10. The summed E-state index contributed by atoms with van der Waals surface area (Å²) < 4.78 is 2.22. The van der Waals surface area contributed by atoms with Crippen molar-refractivity contribution in [3.05, 3.63) is 30.1 Å². The van der Waals surface area contributed by atoms with Crippen LogP contribution in [0.25, 0.3) is 11.0 Å². The third-order valence-electron chi connectivity index (χ3n) is 4.69. The van der Waals surface area contributed by atoms with Crippen LogP contribution in [0.4, 0.5) is 0 Å². The summed E-state index contributed by atoms with van der Waals surface area (Å²) in [4.78, 5) is 7.20. The molecule has 0 aliphatic carbocycles. The molecule has 1 aliphatic heterocycles. The minimum atomic E-state index is 0.737. The highest BCUT2D eigenvalue weighted by molar-refractivity contribution is 5.75. The minimum Gasteiger partial charge on any atom is -0.331 e. The van der Waals surface area contributed by atoms with Crippen LogP contribution >= 0.6 is 0 Å². The van der Waals surface area contributed by atoms with E-state index in [9.17, 15) is 0 Å². The number of benzene rings is 1. The summed E-state index contributed by atoms with van der Waals surface area (Å²) in [7, 11) is 4.35. The van der Waals surface area contributed by atoms with E-state index in [2.05, 4.69) is 53.1 Å². The lowest BCUT2D eigenvalue weighted by atomic mass is 10.2. The Balaban J connectivity index is 1.45. The molecule has 1 unspecified atom stereocenters. The lowest BCUT2D eigenvalue weighted by Crippen LogP contribution is -2.35. The van der Waals surface area contributed by atoms with Gasteiger partial charge in [-0.15, -0.1) is 0 Å². The number of likely N-dealkylation sites (tertiary alicyclic amines) is 1. The van der Waals surface area contributed by atoms with Crippen molar-refractivity contribution in [3.8, 4) is 0 Å². The van der Waals surface area contributed by atoms with E-state index in [-0.39, 0.29) is 0 Å². The fourth-order valence-corrected chi connectivity index (χ4v) is 3.30. The fraction of sp³-hybridized carbons (Fsp3) is 0.588. The number of para-hydroxylation sites is 2. The monoisotopic (exact) mass is 286 g/mol. The van der Waals surface area contributed by atoms with E-state index in [1.54, 1.807) is 0 Å². The van der Waals surface area contributed by atoms with Gasteiger partial charge in [0, 0.05) is 26.1 Å². The van der Waals surface area contributed by atoms with Crippen molar-refractivity contribution in [2.45, 2.75) is 31.7 Å². The number of aryl methyl sites for hydroxylation is 2. The molecule has 2 aromatic rings. The highest BCUT2D eigenvalue weighted by Crippen LogP contribution is 2.15. The molecule has 1 aromatic carbocycles. The maximum absolute atomic E-state index is 4.73. The molecule has 0 radical (unpaired) electrons. The molecular weight excluding hydrogens is 260 g/mol. The smallest absolute Gasteiger partial charge is 0.109 e. The zero-order chi connectivity index (χ0) is 14.7. The summed E-state index contributed by atoms with van der Waals surface area (Å²) in [5.74, 6) is 1.19. The Morgan fingerprint density at radius 2 is 2.14 bits per heavy atom. The number of fused-ring (bicyclic) bond motifs is 1. The van der Waals surface area contributed by atoms with Gasteiger partial charge in [-0.05, 0) is 51.5 Å². The highest BCUT2D eigenvalue weighted by atomic mass is 15.2. The van der Waals surface area contributed by atoms with Crippen molar-refractivity contribution < 1.29 is 0 Å². The highest BCUT2D eigenvalue weighted by Gasteiger charge is 2.19. The zero-order valence-electron chi connectivity index (χ0n) is 13.2. The Morgan fingerprint density at radius 3 is 2.90 bits per heavy atom. The molecule has 0 saturated carbocycles. The number of rotatable bonds is 6. The molecule has 1 fully saturated rings. The molecule has 1 N–H and O–H groups in total. The summed E-state index contributed by atoms with van der Waals surface area (Å²) in [6.45, 7) is 3.46. The third-order valence-corrected chi connectivity index (χ3v) is 4.69. The van der Waals surface area contributed by atoms with Crippen LogP contribution in [0.2, 0.25) is 0 Å². The lowest BCUT2D eigenvalue weighted by Gasteiger charge is -2.19. The Kier molecular flexibility index (Phi) is 4.56. The first-order chi connectivity index (χ1) is 10.3. The second-order valence-corrected chi connectivity index (χ2v) is 6.16. The minimum absolute atomic E-state index is 0.737. The van der Waals surface area contributed by atoms with Crippen molar-refractivity contribution in [1.82, 2.24) is 19.8 Å². The van der Waals surface area contributed by atoms with Crippen molar-refractivity contribution in [3.63, 3.8) is 0 Å². The fourth-order valence-electron chi connectivity index (χ4n) is 3.30. The Labute approximate surface area is 127 Å². The Hall–Kier alpha value is -1.39. The summed E-state index contributed by atoms with van der Waals surface area (Å²) in [5, 5.41) is 3.60. The first-order valence-electron chi connectivity index (χ1n) is 8.07. The van der Waals surface area contributed by atoms with E-state index in [0.717, 1.165) is 37.5 Å². The van der Waals surface area contributed by atoms with E-state index < -0.39 is 0 Å². The van der Waals surface area contributed by atoms with Crippen molar-refractivity contribution >= 4 is 11.0 Å². The van der Waals surface area contributed by atoms with E-state index in [0.29, 0.717) is 0 Å². The van der Waals surface area contributed by atoms with Gasteiger partial charge in [0.25, 0.3) is 0 Å². The first kappa shape index (κ1) is 14.5. The lowest BCUT2D eigenvalue weighted by molar-refractivity contribution is 0.300. The Bertz CT molecular complexity index is 589. The molecule has 0 spiro atoms. The summed E-state index contributed by atoms with van der Waals surface area (Å²) in [5.41, 5.74) is 2.34. The van der Waals surface area contributed by atoms with Gasteiger partial charge >= 0.3 is 0 Å². The van der Waals surface area contributed by atoms with Gasteiger partial charge in [-0.25, -0.2) is 4.98 Å². The molecule has 3 rings (SSSR count). The van der Waals surface area contributed by atoms with Crippen LogP contribution < -0.4 is 5.32 Å². The summed E-state index contributed by atoms with van der Waals surface area (Å²) >= 11 is 0. The predicted molar refractivity (Wildman–Crippen MR) is 87.6 cm³/mol. The van der Waals surface area contributed by atoms with Crippen LogP contribution in [-0.4, -0.2) is 47.2 Å². The van der Waals surface area contributed by atoms with Crippen molar-refractivity contribution in [1.29, 1.82) is 0 Å². The molecule has 114 valence electrons. The number of hydrogen-bond acceptors (Lipinski definition) is 3. The number of nitrogens with zero attached hydrogens (tertiary/aromatic N) is 3. The first-order valence-corrected chi connectivity index (χ1v) is 8.07. The van der Waals surface area contributed by atoms with Gasteiger partial charge in [0.15, 0.2) is 0 Å². The molecule has 1 aliphatic rings. The quantitative estimate of drug-likeness (QED) is 0.826. The van der Waals surface area contributed by atoms with Crippen molar-refractivity contribution in [2.24, 2.45) is 7.05 Å². The largest absolute Gasteiger partial charge is 0.331 e. The van der Waals surface area contributed by atoms with Crippen LogP contribution in [0.3, 0.4) is 0 Å². The number of nitrogens with one attached hydrogen (secondary N) is 1. The van der Waals surface area contributed by atoms with E-state index in [1.165, 1.54) is 30.7 Å². The van der Waals surface area contributed by atoms with Gasteiger partial charge in [-0.1, -0.05) is 12.1 Å². The number of aromatic nitrogens is 2. The average Bonchev–Trinajstić information content (AvgIpc) is 3.04. The molecule has 4 heteroatoms. The van der Waals surface area contributed by atoms with E-state index in [1.807, 2.05) is 0 Å². The van der Waals surface area contributed by atoms with Gasteiger partial charge in [0.2, 0.25) is 0 Å². The topological polar surface area (TPSA) is 33.1 Å². The van der Waals surface area contributed by atoms with Gasteiger partial charge in [-0.3, -0.25) is 0 Å². The number of imidazole rings is 1. The van der Waals surface area contributed by atoms with Crippen LogP contribution in [0, 0.1) is 0 Å². The normalized spacial score (nSPS) is 19.6. The van der Waals surface area contributed by atoms with Crippen LogP contribution in [-0.2, 0) is 13.5 Å². The number of hydrogen-bond donors (Lipinski definition) is 1. The zero-order valence-corrected chi connectivity index (χ0v) is 13.2. The predicted octanol–water partition coefficient (Wildman–Crippen LogP) is 2.19. The van der Waals surface area contributed by atoms with Crippen LogP contribution in [0.15, 0.2) is 24.3 Å². The van der Waals surface area contributed by atoms with E-state index in [4.69, 9.17) is 4.98 Å².